The number of rotatable bonds is 12. The van der Waals surface area contributed by atoms with E-state index in [1.54, 1.807) is 52.0 Å². The van der Waals surface area contributed by atoms with E-state index in [-0.39, 0.29) is 0 Å². The van der Waals surface area contributed by atoms with Crippen LogP contribution in [0.1, 0.15) is 66.2 Å². The van der Waals surface area contributed by atoms with Crippen LogP contribution in [-0.2, 0) is 31.2 Å². The highest BCUT2D eigenvalue weighted by Gasteiger charge is 2.28. The molecule has 0 aromatic rings. The summed E-state index contributed by atoms with van der Waals surface area (Å²) in [6, 6.07) is 0. The molecule has 0 aromatic heterocycles. The van der Waals surface area contributed by atoms with Crippen LogP contribution in [-0.4, -0.2) is 30.6 Å². The van der Waals surface area contributed by atoms with Gasteiger partial charge in [-0.1, -0.05) is 0 Å². The van der Waals surface area contributed by atoms with E-state index in [0.29, 0.717) is 48.3 Å². The molecule has 32 heavy (non-hydrogen) atoms. The van der Waals surface area contributed by atoms with Gasteiger partial charge in [-0.25, -0.2) is 8.42 Å². The number of aliphatic carboxylic acids is 2. The number of hydrogen-bond donors (Lipinski definition) is 2. The fraction of sp³-hybridized carbons (Fsp3) is 0.500. The average Bonchev–Trinajstić information content (AvgIpc) is 3.22. The topological polar surface area (TPSA) is 109 Å². The highest BCUT2D eigenvalue weighted by atomic mass is 32.2. The van der Waals surface area contributed by atoms with Crippen LogP contribution in [0, 0.1) is 10.8 Å². The van der Waals surface area contributed by atoms with E-state index in [2.05, 4.69) is 0 Å². The summed E-state index contributed by atoms with van der Waals surface area (Å²) in [5, 5.41) is 18.4. The number of carbonyl (C=O) groups is 2. The molecule has 0 aliphatic carbocycles. The molecule has 2 atom stereocenters. The maximum atomic E-state index is 12.7. The molecule has 0 radical (unpaired) electrons. The van der Waals surface area contributed by atoms with Gasteiger partial charge in [-0.3, -0.25) is 9.59 Å². The third kappa shape index (κ3) is 6.72. The van der Waals surface area contributed by atoms with Crippen LogP contribution in [0.2, 0.25) is 0 Å². The second-order valence-electron chi connectivity index (χ2n) is 9.36. The fourth-order valence-electron chi connectivity index (χ4n) is 3.27. The second-order valence-corrected chi connectivity index (χ2v) is 12.4. The van der Waals surface area contributed by atoms with Gasteiger partial charge in [0.25, 0.3) is 0 Å². The normalized spacial score (nSPS) is 21.4. The van der Waals surface area contributed by atoms with Crippen molar-refractivity contribution in [2.24, 2.45) is 10.8 Å². The molecule has 2 unspecified atom stereocenters. The molecule has 0 spiro atoms. The van der Waals surface area contributed by atoms with Gasteiger partial charge >= 0.3 is 11.9 Å². The molecule has 2 aliphatic rings. The quantitative estimate of drug-likeness (QED) is 0.399. The minimum Gasteiger partial charge on any atom is -0.481 e. The number of carboxylic acid groups (broad SMARTS) is 2. The standard InChI is InChI=1S/C24H32O6S2/c1-23(2,21(25)26)15-5-7-17-9-11-19(31(17)29)13-14-20-12-10-18(32(20)30)8-6-16-24(3,4)22(27)28/h9-14H,5-8,15-16H2,1-4H3,(H,25,26)(H,27,28)/b14-13+. The van der Waals surface area contributed by atoms with Crippen molar-refractivity contribution in [2.75, 3.05) is 0 Å². The Morgan fingerprint density at radius 1 is 0.750 bits per heavy atom. The summed E-state index contributed by atoms with van der Waals surface area (Å²) in [6.07, 6.45) is 14.1. The van der Waals surface area contributed by atoms with Crippen molar-refractivity contribution < 1.29 is 28.2 Å². The first-order valence-electron chi connectivity index (χ1n) is 10.7. The zero-order valence-corrected chi connectivity index (χ0v) is 20.7. The maximum Gasteiger partial charge on any atom is 0.309 e. The summed E-state index contributed by atoms with van der Waals surface area (Å²) in [4.78, 5) is 25.2. The molecule has 6 nitrogen and oxygen atoms in total. The van der Waals surface area contributed by atoms with Gasteiger partial charge in [-0.15, -0.1) is 0 Å². The number of allylic oxidation sites excluding steroid dienone is 8. The van der Waals surface area contributed by atoms with E-state index in [4.69, 9.17) is 0 Å². The third-order valence-corrected chi connectivity index (χ3v) is 8.82. The van der Waals surface area contributed by atoms with Gasteiger partial charge in [-0.2, -0.15) is 0 Å². The van der Waals surface area contributed by atoms with Crippen molar-refractivity contribution in [3.8, 4) is 0 Å². The summed E-state index contributed by atoms with van der Waals surface area (Å²) in [5.74, 6) is -1.67. The minimum atomic E-state index is -1.29. The van der Waals surface area contributed by atoms with Crippen LogP contribution in [0.15, 0.2) is 56.1 Å². The van der Waals surface area contributed by atoms with Crippen molar-refractivity contribution in [1.82, 2.24) is 0 Å². The first-order chi connectivity index (χ1) is 14.8. The van der Waals surface area contributed by atoms with Crippen LogP contribution >= 0.6 is 0 Å². The Balaban J connectivity index is 1.81. The monoisotopic (exact) mass is 480 g/mol. The molecule has 0 aromatic carbocycles. The van der Waals surface area contributed by atoms with Crippen LogP contribution in [0.25, 0.3) is 0 Å². The van der Waals surface area contributed by atoms with Gasteiger partial charge in [0.1, 0.15) is 0 Å². The third-order valence-electron chi connectivity index (χ3n) is 5.79. The molecular formula is C24H32O6S2. The average molecular weight is 481 g/mol. The molecule has 2 N–H and O–H groups in total. The molecular weight excluding hydrogens is 448 g/mol. The molecule has 8 heteroatoms. The Kier molecular flexibility index (Phi) is 8.76. The molecule has 0 fully saturated rings. The van der Waals surface area contributed by atoms with Crippen molar-refractivity contribution in [3.63, 3.8) is 0 Å². The Hall–Kier alpha value is -2.06. The van der Waals surface area contributed by atoms with Crippen LogP contribution < -0.4 is 0 Å². The molecule has 0 amide bonds. The van der Waals surface area contributed by atoms with Gasteiger partial charge in [-0.05, 0) is 103 Å². The zero-order valence-electron chi connectivity index (χ0n) is 19.1. The van der Waals surface area contributed by atoms with Gasteiger partial charge in [0.2, 0.25) is 0 Å². The summed E-state index contributed by atoms with van der Waals surface area (Å²) >= 11 is 0. The predicted octanol–water partition coefficient (Wildman–Crippen LogP) is 5.17. The lowest BCUT2D eigenvalue weighted by molar-refractivity contribution is -0.148. The number of carboxylic acids is 2. The lowest BCUT2D eigenvalue weighted by Crippen LogP contribution is -2.23. The highest BCUT2D eigenvalue weighted by molar-refractivity contribution is 7.93. The van der Waals surface area contributed by atoms with Crippen molar-refractivity contribution in [3.05, 3.63) is 56.1 Å². The summed E-state index contributed by atoms with van der Waals surface area (Å²) in [7, 11) is -2.58. The Bertz CT molecular complexity index is 898. The molecule has 2 rings (SSSR count). The Labute approximate surface area is 194 Å². The van der Waals surface area contributed by atoms with E-state index in [1.807, 2.05) is 12.2 Å². The maximum absolute atomic E-state index is 12.7. The first kappa shape index (κ1) is 26.2. The Morgan fingerprint density at radius 2 is 1.09 bits per heavy atom. The van der Waals surface area contributed by atoms with E-state index >= 15 is 0 Å². The molecule has 0 saturated carbocycles. The van der Waals surface area contributed by atoms with Crippen molar-refractivity contribution in [2.45, 2.75) is 66.2 Å². The SMILES string of the molecule is CC(C)(CCCC1=CC=C(/C=C/C2=CC=C(CCCC(C)(C)C(=O)O)S2=O)S1=O)C(=O)O. The fourth-order valence-corrected chi connectivity index (χ4v) is 5.69. The molecule has 0 bridgehead atoms. The van der Waals surface area contributed by atoms with Gasteiger partial charge in [0.15, 0.2) is 0 Å². The number of hydrogen-bond acceptors (Lipinski definition) is 4. The summed E-state index contributed by atoms with van der Waals surface area (Å²) < 4.78 is 25.4. The second kappa shape index (κ2) is 10.7. The lowest BCUT2D eigenvalue weighted by Gasteiger charge is -2.18. The Morgan fingerprint density at radius 3 is 1.41 bits per heavy atom. The van der Waals surface area contributed by atoms with Crippen LogP contribution in [0.4, 0.5) is 0 Å². The summed E-state index contributed by atoms with van der Waals surface area (Å²) in [6.45, 7) is 6.75. The van der Waals surface area contributed by atoms with Crippen molar-refractivity contribution >= 4 is 33.5 Å². The van der Waals surface area contributed by atoms with Gasteiger partial charge in [0.05, 0.1) is 32.4 Å². The minimum absolute atomic E-state index is 0.506. The largest absolute Gasteiger partial charge is 0.481 e. The first-order valence-corrected chi connectivity index (χ1v) is 13.0. The predicted molar refractivity (Wildman–Crippen MR) is 128 cm³/mol. The summed E-state index contributed by atoms with van der Waals surface area (Å²) in [5.41, 5.74) is -1.60. The van der Waals surface area contributed by atoms with Crippen molar-refractivity contribution in [1.29, 1.82) is 0 Å². The van der Waals surface area contributed by atoms with E-state index in [0.717, 1.165) is 9.81 Å². The van der Waals surface area contributed by atoms with Crippen LogP contribution in [0.3, 0.4) is 0 Å². The highest BCUT2D eigenvalue weighted by Crippen LogP contribution is 2.32. The molecule has 2 aliphatic heterocycles. The van der Waals surface area contributed by atoms with Gasteiger partial charge < -0.3 is 10.2 Å². The van der Waals surface area contributed by atoms with E-state index in [9.17, 15) is 28.2 Å². The van der Waals surface area contributed by atoms with Gasteiger partial charge in [0, 0.05) is 19.6 Å². The lowest BCUT2D eigenvalue weighted by atomic mass is 9.87. The molecule has 0 saturated heterocycles. The van der Waals surface area contributed by atoms with Crippen LogP contribution in [0.5, 0.6) is 0 Å². The smallest absolute Gasteiger partial charge is 0.309 e. The molecule has 2 heterocycles. The van der Waals surface area contributed by atoms with E-state index in [1.165, 1.54) is 0 Å². The zero-order chi connectivity index (χ0) is 24.1. The van der Waals surface area contributed by atoms with E-state index < -0.39 is 44.4 Å². The molecule has 176 valence electrons.